The van der Waals surface area contributed by atoms with Crippen molar-refractivity contribution in [2.24, 2.45) is 11.7 Å². The lowest BCUT2D eigenvalue weighted by Crippen LogP contribution is -2.61. The fourth-order valence-electron chi connectivity index (χ4n) is 4.21. The maximum Gasteiger partial charge on any atom is 0.252 e. The topological polar surface area (TPSA) is 95.7 Å². The third kappa shape index (κ3) is 2.35. The second-order valence-electron chi connectivity index (χ2n) is 7.49. The number of ether oxygens (including phenoxy) is 3. The van der Waals surface area contributed by atoms with Gasteiger partial charge >= 0.3 is 0 Å². The first-order valence-electron chi connectivity index (χ1n) is 9.17. The first-order valence-corrected chi connectivity index (χ1v) is 9.17. The van der Waals surface area contributed by atoms with E-state index in [0.29, 0.717) is 17.2 Å². The summed E-state index contributed by atoms with van der Waals surface area (Å²) in [7, 11) is 0. The summed E-state index contributed by atoms with van der Waals surface area (Å²) in [6.07, 6.45) is 6.75. The summed E-state index contributed by atoms with van der Waals surface area (Å²) in [5, 5.41) is 4.98. The Bertz CT molecular complexity index is 973. The summed E-state index contributed by atoms with van der Waals surface area (Å²) in [5.74, 6) is -0.0969. The maximum atomic E-state index is 11.9. The van der Waals surface area contributed by atoms with Crippen LogP contribution in [0.15, 0.2) is 36.5 Å². The van der Waals surface area contributed by atoms with Crippen LogP contribution in [-0.4, -0.2) is 35.1 Å². The number of aromatic nitrogens is 1. The second kappa shape index (κ2) is 5.68. The maximum absolute atomic E-state index is 11.9. The molecule has 0 saturated carbocycles. The Balaban J connectivity index is 1.59. The first kappa shape index (κ1) is 16.5. The molecule has 1 unspecified atom stereocenters. The molecular weight excluding hydrogens is 346 g/mol. The van der Waals surface area contributed by atoms with Crippen molar-refractivity contribution in [1.29, 1.82) is 0 Å². The van der Waals surface area contributed by atoms with Gasteiger partial charge in [-0.25, -0.2) is 4.98 Å². The SMILES string of the molecule is CC(C)Oc1cc2c(O[C@@]34OC5N[C@@H]3C=CC[C@@H]54)nccc2cc1C(N)=O. The number of pyridine rings is 1. The zero-order chi connectivity index (χ0) is 18.8. The zero-order valence-corrected chi connectivity index (χ0v) is 15.1. The summed E-state index contributed by atoms with van der Waals surface area (Å²) in [6, 6.07) is 5.33. The number of nitrogens with zero attached hydrogens (tertiary/aromatic N) is 1. The average molecular weight is 367 g/mol. The summed E-state index contributed by atoms with van der Waals surface area (Å²) in [5.41, 5.74) is 5.88. The van der Waals surface area contributed by atoms with E-state index >= 15 is 0 Å². The van der Waals surface area contributed by atoms with E-state index in [4.69, 9.17) is 19.9 Å². The van der Waals surface area contributed by atoms with Gasteiger partial charge in [-0.1, -0.05) is 12.2 Å². The number of benzene rings is 1. The molecule has 1 aromatic carbocycles. The predicted octanol–water partition coefficient (Wildman–Crippen LogP) is 2.10. The molecule has 4 bridgehead atoms. The Labute approximate surface area is 156 Å². The lowest BCUT2D eigenvalue weighted by atomic mass is 9.83. The molecule has 1 aromatic heterocycles. The molecule has 3 fully saturated rings. The molecule has 3 N–H and O–H groups in total. The molecule has 7 nitrogen and oxygen atoms in total. The number of hydrogen-bond donors (Lipinski definition) is 2. The molecular formula is C20H21N3O4. The number of fused-ring (bicyclic) bond motifs is 1. The van der Waals surface area contributed by atoms with Crippen LogP contribution < -0.4 is 20.5 Å². The molecule has 0 radical (unpaired) electrons. The van der Waals surface area contributed by atoms with Crippen LogP contribution in [0.3, 0.4) is 0 Å². The molecule has 2 aromatic rings. The minimum Gasteiger partial charge on any atom is -0.490 e. The average Bonchev–Trinajstić information content (AvgIpc) is 3.02. The van der Waals surface area contributed by atoms with Crippen LogP contribution in [0, 0.1) is 5.92 Å². The standard InChI is InChI=1S/C20H21N3O4/c1-10(2)25-15-9-12-11(8-13(15)17(21)24)6-7-22-18(12)26-20-14-4-3-5-16(20)23-19(14)27-20/h3,5-10,14,16,19,23H,4H2,1-2H3,(H2,21,24)/t14-,16+,19?,20-/m0/s1. The molecule has 4 atom stereocenters. The molecule has 0 spiro atoms. The van der Waals surface area contributed by atoms with Gasteiger partial charge in [-0.05, 0) is 43.9 Å². The second-order valence-corrected chi connectivity index (χ2v) is 7.49. The number of nitrogens with one attached hydrogen (secondary N) is 1. The Hall–Kier alpha value is -2.64. The fourth-order valence-corrected chi connectivity index (χ4v) is 4.21. The van der Waals surface area contributed by atoms with Crippen molar-refractivity contribution in [1.82, 2.24) is 10.3 Å². The minimum atomic E-state index is -0.720. The number of rotatable bonds is 5. The van der Waals surface area contributed by atoms with Gasteiger partial charge < -0.3 is 19.9 Å². The van der Waals surface area contributed by atoms with E-state index in [1.807, 2.05) is 19.9 Å². The van der Waals surface area contributed by atoms with Crippen LogP contribution in [0.2, 0.25) is 0 Å². The van der Waals surface area contributed by atoms with E-state index in [2.05, 4.69) is 22.5 Å². The Morgan fingerprint density at radius 2 is 2.30 bits per heavy atom. The van der Waals surface area contributed by atoms with Gasteiger partial charge in [-0.2, -0.15) is 0 Å². The summed E-state index contributed by atoms with van der Waals surface area (Å²) >= 11 is 0. The summed E-state index contributed by atoms with van der Waals surface area (Å²) in [6.45, 7) is 3.79. The van der Waals surface area contributed by atoms with Crippen molar-refractivity contribution in [3.63, 3.8) is 0 Å². The summed E-state index contributed by atoms with van der Waals surface area (Å²) < 4.78 is 18.1. The van der Waals surface area contributed by atoms with Crippen LogP contribution in [0.5, 0.6) is 11.6 Å². The number of hydrogen-bond acceptors (Lipinski definition) is 6. The third-order valence-electron chi connectivity index (χ3n) is 5.40. The van der Waals surface area contributed by atoms with E-state index in [0.717, 1.165) is 17.2 Å². The number of amides is 1. The number of carbonyl (C=O) groups excluding carboxylic acids is 1. The van der Waals surface area contributed by atoms with Crippen molar-refractivity contribution in [2.45, 2.75) is 44.4 Å². The lowest BCUT2D eigenvalue weighted by molar-refractivity contribution is -0.311. The number of allylic oxidation sites excluding steroid dienone is 1. The van der Waals surface area contributed by atoms with Gasteiger partial charge in [0.05, 0.1) is 23.6 Å². The van der Waals surface area contributed by atoms with Crippen LogP contribution in [0.25, 0.3) is 10.8 Å². The molecule has 1 aliphatic carbocycles. The molecule has 1 amide bonds. The highest BCUT2D eigenvalue weighted by Crippen LogP contribution is 2.52. The molecule has 4 aliphatic rings. The van der Waals surface area contributed by atoms with Crippen LogP contribution >= 0.6 is 0 Å². The van der Waals surface area contributed by atoms with E-state index in [1.54, 1.807) is 18.3 Å². The van der Waals surface area contributed by atoms with E-state index in [9.17, 15) is 4.79 Å². The highest BCUT2D eigenvalue weighted by molar-refractivity contribution is 6.01. The van der Waals surface area contributed by atoms with E-state index in [-0.39, 0.29) is 24.3 Å². The molecule has 4 heterocycles. The first-order chi connectivity index (χ1) is 13.0. The van der Waals surface area contributed by atoms with Crippen LogP contribution in [-0.2, 0) is 4.74 Å². The van der Waals surface area contributed by atoms with Gasteiger partial charge in [0.2, 0.25) is 11.7 Å². The quantitative estimate of drug-likeness (QED) is 0.786. The Kier molecular flexibility index (Phi) is 3.47. The van der Waals surface area contributed by atoms with E-state index in [1.165, 1.54) is 0 Å². The zero-order valence-electron chi connectivity index (χ0n) is 15.1. The van der Waals surface area contributed by atoms with Gasteiger partial charge in [-0.3, -0.25) is 10.1 Å². The van der Waals surface area contributed by atoms with Crippen molar-refractivity contribution in [3.05, 3.63) is 42.1 Å². The molecule has 140 valence electrons. The van der Waals surface area contributed by atoms with Gasteiger partial charge in [0.1, 0.15) is 12.0 Å². The molecule has 6 rings (SSSR count). The van der Waals surface area contributed by atoms with Crippen molar-refractivity contribution in [3.8, 4) is 11.6 Å². The van der Waals surface area contributed by atoms with E-state index < -0.39 is 11.7 Å². The highest BCUT2D eigenvalue weighted by Gasteiger charge is 2.69. The fraction of sp³-hybridized carbons (Fsp3) is 0.400. The van der Waals surface area contributed by atoms with Gasteiger partial charge in [0.25, 0.3) is 5.91 Å². The molecule has 3 aliphatic heterocycles. The van der Waals surface area contributed by atoms with Gasteiger partial charge in [0.15, 0.2) is 0 Å². The molecule has 27 heavy (non-hydrogen) atoms. The highest BCUT2D eigenvalue weighted by atomic mass is 16.7. The molecule has 3 saturated heterocycles. The van der Waals surface area contributed by atoms with Crippen LogP contribution in [0.1, 0.15) is 30.6 Å². The van der Waals surface area contributed by atoms with Gasteiger partial charge in [-0.15, -0.1) is 0 Å². The molecule has 7 heteroatoms. The smallest absolute Gasteiger partial charge is 0.252 e. The Morgan fingerprint density at radius 3 is 3.04 bits per heavy atom. The normalized spacial score (nSPS) is 30.4. The monoisotopic (exact) mass is 367 g/mol. The number of primary amides is 1. The Morgan fingerprint density at radius 1 is 1.44 bits per heavy atom. The third-order valence-corrected chi connectivity index (χ3v) is 5.40. The van der Waals surface area contributed by atoms with Crippen LogP contribution in [0.4, 0.5) is 0 Å². The minimum absolute atomic E-state index is 0.00887. The number of nitrogens with two attached hydrogens (primary N) is 1. The largest absolute Gasteiger partial charge is 0.490 e. The summed E-state index contributed by atoms with van der Waals surface area (Å²) in [4.78, 5) is 16.3. The van der Waals surface area contributed by atoms with Crippen molar-refractivity contribution < 1.29 is 19.0 Å². The van der Waals surface area contributed by atoms with Gasteiger partial charge in [0, 0.05) is 11.6 Å². The number of carbonyl (C=O) groups is 1. The van der Waals surface area contributed by atoms with Crippen molar-refractivity contribution >= 4 is 16.7 Å². The predicted molar refractivity (Wildman–Crippen MR) is 98.4 cm³/mol. The van der Waals surface area contributed by atoms with Crippen molar-refractivity contribution in [2.75, 3.05) is 0 Å². The lowest BCUT2D eigenvalue weighted by Gasteiger charge is -2.47.